The molecule has 2 fully saturated rings. The van der Waals surface area contributed by atoms with E-state index in [4.69, 9.17) is 4.74 Å². The molecule has 0 amide bonds. The molecule has 1 spiro atoms. The average molecular weight is 270 g/mol. The number of methoxy groups -OCH3 is 1. The summed E-state index contributed by atoms with van der Waals surface area (Å²) in [5.74, 6) is 2.09. The van der Waals surface area contributed by atoms with Gasteiger partial charge in [0, 0.05) is 18.4 Å². The van der Waals surface area contributed by atoms with Crippen molar-refractivity contribution >= 4 is 16.9 Å². The molecule has 2 rings (SSSR count). The number of nitrogens with zero attached hydrogens (tertiary/aromatic N) is 1. The molecule has 2 aliphatic rings. The molecule has 18 heavy (non-hydrogen) atoms. The van der Waals surface area contributed by atoms with Crippen molar-refractivity contribution in [1.82, 2.24) is 5.32 Å². The summed E-state index contributed by atoms with van der Waals surface area (Å²) in [7, 11) is 1.75. The van der Waals surface area contributed by atoms with Gasteiger partial charge in [-0.2, -0.15) is 0 Å². The van der Waals surface area contributed by atoms with E-state index in [2.05, 4.69) is 31.1 Å². The number of nitrogens with one attached hydrogen (secondary N) is 1. The van der Waals surface area contributed by atoms with Crippen molar-refractivity contribution < 1.29 is 4.74 Å². The Bertz CT molecular complexity index is 320. The zero-order valence-electron chi connectivity index (χ0n) is 12.1. The number of amidine groups is 1. The highest BCUT2D eigenvalue weighted by Crippen LogP contribution is 2.38. The van der Waals surface area contributed by atoms with E-state index in [1.54, 1.807) is 7.11 Å². The van der Waals surface area contributed by atoms with Gasteiger partial charge in [-0.05, 0) is 45.4 Å². The fraction of sp³-hybridized carbons (Fsp3) is 0.929. The molecule has 0 radical (unpaired) electrons. The van der Waals surface area contributed by atoms with E-state index < -0.39 is 0 Å². The molecular formula is C14H26N2OS. The van der Waals surface area contributed by atoms with Gasteiger partial charge in [0.2, 0.25) is 0 Å². The van der Waals surface area contributed by atoms with Gasteiger partial charge in [0.1, 0.15) is 0 Å². The Balaban J connectivity index is 1.90. The van der Waals surface area contributed by atoms with Gasteiger partial charge in [-0.1, -0.05) is 18.7 Å². The van der Waals surface area contributed by atoms with Crippen LogP contribution in [0.3, 0.4) is 0 Å². The second kappa shape index (κ2) is 5.41. The number of ether oxygens (including phenoxy) is 1. The van der Waals surface area contributed by atoms with Gasteiger partial charge in [0.05, 0.1) is 12.1 Å². The number of thioether (sulfide) groups is 1. The molecular weight excluding hydrogens is 244 g/mol. The molecule has 104 valence electrons. The molecule has 0 aromatic carbocycles. The fourth-order valence-electron chi connectivity index (χ4n) is 2.50. The maximum Gasteiger partial charge on any atom is 0.157 e. The van der Waals surface area contributed by atoms with Crippen LogP contribution in [0.25, 0.3) is 0 Å². The van der Waals surface area contributed by atoms with Crippen molar-refractivity contribution in [3.05, 3.63) is 0 Å². The Kier molecular flexibility index (Phi) is 4.27. The molecule has 4 heteroatoms. The summed E-state index contributed by atoms with van der Waals surface area (Å²) in [5, 5.41) is 4.80. The zero-order chi connectivity index (χ0) is 13.2. The minimum Gasteiger partial charge on any atom is -0.377 e. The number of aliphatic imine (C=N–C) groups is 1. The Hall–Kier alpha value is -0.220. The van der Waals surface area contributed by atoms with E-state index in [1.165, 1.54) is 31.4 Å². The van der Waals surface area contributed by atoms with Crippen LogP contribution in [0, 0.1) is 5.92 Å². The van der Waals surface area contributed by atoms with E-state index in [1.807, 2.05) is 11.8 Å². The lowest BCUT2D eigenvalue weighted by atomic mass is 9.78. The first-order chi connectivity index (χ1) is 8.45. The van der Waals surface area contributed by atoms with Crippen molar-refractivity contribution in [3.63, 3.8) is 0 Å². The summed E-state index contributed by atoms with van der Waals surface area (Å²) in [4.78, 5) is 4.68. The van der Waals surface area contributed by atoms with Gasteiger partial charge >= 0.3 is 0 Å². The number of hydrogen-bond donors (Lipinski definition) is 1. The normalized spacial score (nSPS) is 35.1. The van der Waals surface area contributed by atoms with Crippen LogP contribution in [-0.4, -0.2) is 35.7 Å². The third-order valence-corrected chi connectivity index (χ3v) is 5.45. The summed E-state index contributed by atoms with van der Waals surface area (Å²) in [5.41, 5.74) is 0.180. The molecule has 0 unspecified atom stereocenters. The summed E-state index contributed by atoms with van der Waals surface area (Å²) in [6.45, 7) is 7.25. The highest BCUT2D eigenvalue weighted by atomic mass is 32.2. The number of rotatable bonds is 3. The molecule has 1 N–H and O–H groups in total. The van der Waals surface area contributed by atoms with Gasteiger partial charge in [0.15, 0.2) is 5.17 Å². The van der Waals surface area contributed by atoms with E-state index >= 15 is 0 Å². The molecule has 1 heterocycles. The molecule has 3 nitrogen and oxygen atoms in total. The molecule has 0 aromatic rings. The van der Waals surface area contributed by atoms with Crippen LogP contribution < -0.4 is 5.32 Å². The minimum atomic E-state index is -0.161. The zero-order valence-corrected chi connectivity index (χ0v) is 12.9. The van der Waals surface area contributed by atoms with E-state index in [-0.39, 0.29) is 5.60 Å². The SMILES string of the molecule is COC(C)(C)CN=C1NC2(CCC(C)CC2)CS1. The average Bonchev–Trinajstić information content (AvgIpc) is 2.75. The van der Waals surface area contributed by atoms with E-state index in [9.17, 15) is 0 Å². The van der Waals surface area contributed by atoms with Crippen molar-refractivity contribution in [3.8, 4) is 0 Å². The fourth-order valence-corrected chi connectivity index (χ4v) is 3.72. The smallest absolute Gasteiger partial charge is 0.157 e. The predicted molar refractivity (Wildman–Crippen MR) is 79.3 cm³/mol. The molecule has 0 atom stereocenters. The molecule has 0 aromatic heterocycles. The Morgan fingerprint density at radius 1 is 1.44 bits per heavy atom. The van der Waals surface area contributed by atoms with Crippen molar-refractivity contribution in [1.29, 1.82) is 0 Å². The second-order valence-corrected chi connectivity index (χ2v) is 7.43. The maximum absolute atomic E-state index is 5.40. The Morgan fingerprint density at radius 3 is 2.72 bits per heavy atom. The van der Waals surface area contributed by atoms with Crippen molar-refractivity contribution in [2.24, 2.45) is 10.9 Å². The minimum absolute atomic E-state index is 0.161. The van der Waals surface area contributed by atoms with Gasteiger partial charge in [-0.25, -0.2) is 0 Å². The van der Waals surface area contributed by atoms with Crippen LogP contribution in [0.5, 0.6) is 0 Å². The standard InChI is InChI=1S/C14H26N2OS/c1-11-5-7-14(8-6-11)10-18-12(16-14)15-9-13(2,3)17-4/h11H,5-10H2,1-4H3,(H,15,16). The Labute approximate surface area is 115 Å². The van der Waals surface area contributed by atoms with Crippen LogP contribution in [0.2, 0.25) is 0 Å². The highest BCUT2D eigenvalue weighted by Gasteiger charge is 2.39. The van der Waals surface area contributed by atoms with Crippen LogP contribution in [0.15, 0.2) is 4.99 Å². The molecule has 0 bridgehead atoms. The quantitative estimate of drug-likeness (QED) is 0.856. The van der Waals surface area contributed by atoms with Crippen molar-refractivity contribution in [2.75, 3.05) is 19.4 Å². The highest BCUT2D eigenvalue weighted by molar-refractivity contribution is 8.14. The van der Waals surface area contributed by atoms with Gasteiger partial charge in [0.25, 0.3) is 0 Å². The molecule has 1 aliphatic carbocycles. The summed E-state index contributed by atoms with van der Waals surface area (Å²) in [6.07, 6.45) is 5.30. The Morgan fingerprint density at radius 2 is 2.11 bits per heavy atom. The first-order valence-corrected chi connectivity index (χ1v) is 7.94. The van der Waals surface area contributed by atoms with Crippen LogP contribution in [0.1, 0.15) is 46.5 Å². The largest absolute Gasteiger partial charge is 0.377 e. The van der Waals surface area contributed by atoms with E-state index in [0.29, 0.717) is 5.54 Å². The van der Waals surface area contributed by atoms with Gasteiger partial charge in [-0.15, -0.1) is 0 Å². The molecule has 1 aliphatic heterocycles. The van der Waals surface area contributed by atoms with E-state index in [0.717, 1.165) is 17.6 Å². The third-order valence-electron chi connectivity index (χ3n) is 4.24. The maximum atomic E-state index is 5.40. The topological polar surface area (TPSA) is 33.6 Å². The number of hydrogen-bond acceptors (Lipinski definition) is 3. The summed E-state index contributed by atoms with van der Waals surface area (Å²) < 4.78 is 5.40. The lowest BCUT2D eigenvalue weighted by molar-refractivity contribution is 0.0311. The third kappa shape index (κ3) is 3.41. The predicted octanol–water partition coefficient (Wildman–Crippen LogP) is 3.05. The second-order valence-electron chi connectivity index (χ2n) is 6.46. The first kappa shape index (κ1) is 14.2. The molecule has 1 saturated heterocycles. The molecule has 1 saturated carbocycles. The van der Waals surface area contributed by atoms with Gasteiger partial charge in [-0.3, -0.25) is 4.99 Å². The van der Waals surface area contributed by atoms with Crippen LogP contribution >= 0.6 is 11.8 Å². The summed E-state index contributed by atoms with van der Waals surface area (Å²) >= 11 is 1.88. The van der Waals surface area contributed by atoms with Gasteiger partial charge < -0.3 is 10.1 Å². The monoisotopic (exact) mass is 270 g/mol. The first-order valence-electron chi connectivity index (χ1n) is 6.95. The van der Waals surface area contributed by atoms with Crippen molar-refractivity contribution in [2.45, 2.75) is 57.6 Å². The van der Waals surface area contributed by atoms with Crippen LogP contribution in [0.4, 0.5) is 0 Å². The lowest BCUT2D eigenvalue weighted by Gasteiger charge is -2.35. The lowest BCUT2D eigenvalue weighted by Crippen LogP contribution is -2.46. The summed E-state index contributed by atoms with van der Waals surface area (Å²) in [6, 6.07) is 0. The van der Waals surface area contributed by atoms with Crippen LogP contribution in [-0.2, 0) is 4.74 Å².